The summed E-state index contributed by atoms with van der Waals surface area (Å²) in [6.45, 7) is 11.9. The number of nitrogens with one attached hydrogen (secondary N) is 2. The Labute approximate surface area is 134 Å². The number of benzene rings is 1. The zero-order chi connectivity index (χ0) is 16.8. The summed E-state index contributed by atoms with van der Waals surface area (Å²) < 4.78 is 5.39. The molecular weight excluding hydrogens is 276 g/mol. The smallest absolute Gasteiger partial charge is 0.407 e. The number of rotatable bonds is 6. The molecule has 2 N–H and O–H groups in total. The maximum atomic E-state index is 12.1. The molecule has 0 aliphatic heterocycles. The van der Waals surface area contributed by atoms with Crippen molar-refractivity contribution in [3.8, 4) is 0 Å². The van der Waals surface area contributed by atoms with Crippen molar-refractivity contribution in [2.75, 3.05) is 5.32 Å². The Bertz CT molecular complexity index is 452. The van der Waals surface area contributed by atoms with Crippen LogP contribution < -0.4 is 10.6 Å². The molecule has 0 bridgehead atoms. The summed E-state index contributed by atoms with van der Waals surface area (Å²) in [6.07, 6.45) is 0.549. The van der Waals surface area contributed by atoms with Gasteiger partial charge in [-0.25, -0.2) is 4.79 Å². The van der Waals surface area contributed by atoms with E-state index in [0.717, 1.165) is 12.1 Å². The molecule has 1 amide bonds. The van der Waals surface area contributed by atoms with Crippen molar-refractivity contribution in [3.05, 3.63) is 30.3 Å². The van der Waals surface area contributed by atoms with Crippen LogP contribution in [-0.4, -0.2) is 23.8 Å². The van der Waals surface area contributed by atoms with Crippen molar-refractivity contribution in [3.63, 3.8) is 0 Å². The number of carbonyl (C=O) groups is 1. The van der Waals surface area contributed by atoms with Crippen LogP contribution in [0, 0.1) is 5.92 Å². The average Bonchev–Trinajstić information content (AvgIpc) is 2.41. The Hall–Kier alpha value is -1.71. The molecule has 0 unspecified atom stereocenters. The molecule has 1 aromatic rings. The third-order valence-electron chi connectivity index (χ3n) is 3.40. The molecule has 4 nitrogen and oxygen atoms in total. The van der Waals surface area contributed by atoms with Crippen LogP contribution in [0.5, 0.6) is 0 Å². The summed E-state index contributed by atoms with van der Waals surface area (Å²) in [5.41, 5.74) is 0.575. The van der Waals surface area contributed by atoms with E-state index in [1.165, 1.54) is 0 Å². The summed E-state index contributed by atoms with van der Waals surface area (Å²) in [5.74, 6) is 0.300. The molecule has 0 aliphatic rings. The summed E-state index contributed by atoms with van der Waals surface area (Å²) >= 11 is 0. The van der Waals surface area contributed by atoms with Gasteiger partial charge < -0.3 is 15.4 Å². The van der Waals surface area contributed by atoms with Crippen molar-refractivity contribution >= 4 is 11.8 Å². The molecule has 0 saturated carbocycles. The van der Waals surface area contributed by atoms with E-state index in [2.05, 4.69) is 31.4 Å². The molecule has 1 rings (SSSR count). The minimum atomic E-state index is -0.486. The zero-order valence-corrected chi connectivity index (χ0v) is 14.6. The fourth-order valence-electron chi connectivity index (χ4n) is 2.37. The Morgan fingerprint density at radius 3 is 2.23 bits per heavy atom. The highest BCUT2D eigenvalue weighted by Crippen LogP contribution is 2.17. The van der Waals surface area contributed by atoms with Gasteiger partial charge in [0.25, 0.3) is 0 Å². The lowest BCUT2D eigenvalue weighted by Gasteiger charge is -2.32. The second kappa shape index (κ2) is 8.06. The van der Waals surface area contributed by atoms with Crippen LogP contribution in [0.4, 0.5) is 10.5 Å². The highest BCUT2D eigenvalue weighted by atomic mass is 16.6. The van der Waals surface area contributed by atoms with Crippen molar-refractivity contribution in [2.24, 2.45) is 5.92 Å². The van der Waals surface area contributed by atoms with Crippen LogP contribution in [0.1, 0.15) is 48.0 Å². The van der Waals surface area contributed by atoms with Gasteiger partial charge in [0.2, 0.25) is 0 Å². The highest BCUT2D eigenvalue weighted by Gasteiger charge is 2.27. The van der Waals surface area contributed by atoms with E-state index < -0.39 is 5.60 Å². The Morgan fingerprint density at radius 1 is 1.18 bits per heavy atom. The van der Waals surface area contributed by atoms with Gasteiger partial charge in [0.05, 0.1) is 6.04 Å². The standard InChI is InChI=1S/C18H30N2O2/c1-7-15(19-14-11-9-8-10-12-14)16(13(2)3)20-17(21)22-18(4,5)6/h8-13,15-16,19H,7H2,1-6H3,(H,20,21)/t15-,16-/m0/s1. The van der Waals surface area contributed by atoms with E-state index in [0.29, 0.717) is 5.92 Å². The normalized spacial score (nSPS) is 14.3. The fraction of sp³-hybridized carbons (Fsp3) is 0.611. The van der Waals surface area contributed by atoms with Gasteiger partial charge in [-0.2, -0.15) is 0 Å². The van der Waals surface area contributed by atoms with Gasteiger partial charge in [-0.1, -0.05) is 39.0 Å². The van der Waals surface area contributed by atoms with Crippen LogP contribution in [0.3, 0.4) is 0 Å². The van der Waals surface area contributed by atoms with E-state index in [9.17, 15) is 4.79 Å². The third-order valence-corrected chi connectivity index (χ3v) is 3.40. The number of alkyl carbamates (subject to hydrolysis) is 1. The van der Waals surface area contributed by atoms with Crippen LogP contribution in [0.15, 0.2) is 30.3 Å². The Morgan fingerprint density at radius 2 is 1.77 bits per heavy atom. The first-order valence-corrected chi connectivity index (χ1v) is 8.04. The zero-order valence-electron chi connectivity index (χ0n) is 14.6. The third kappa shape index (κ3) is 6.37. The lowest BCUT2D eigenvalue weighted by molar-refractivity contribution is 0.0482. The van der Waals surface area contributed by atoms with Gasteiger partial charge in [0, 0.05) is 11.7 Å². The van der Waals surface area contributed by atoms with Crippen molar-refractivity contribution in [1.29, 1.82) is 0 Å². The number of hydrogen-bond acceptors (Lipinski definition) is 3. The summed E-state index contributed by atoms with van der Waals surface area (Å²) in [4.78, 5) is 12.1. The fourth-order valence-corrected chi connectivity index (χ4v) is 2.37. The molecule has 22 heavy (non-hydrogen) atoms. The molecule has 0 aromatic heterocycles. The van der Waals surface area contributed by atoms with E-state index in [1.807, 2.05) is 51.1 Å². The highest BCUT2D eigenvalue weighted by molar-refractivity contribution is 5.68. The maximum absolute atomic E-state index is 12.1. The minimum Gasteiger partial charge on any atom is -0.444 e. The molecular formula is C18H30N2O2. The van der Waals surface area contributed by atoms with E-state index in [-0.39, 0.29) is 18.2 Å². The second-order valence-electron chi connectivity index (χ2n) is 6.94. The number of amides is 1. The molecule has 0 radical (unpaired) electrons. The predicted molar refractivity (Wildman–Crippen MR) is 92.1 cm³/mol. The van der Waals surface area contributed by atoms with Gasteiger partial charge in [0.1, 0.15) is 5.60 Å². The quantitative estimate of drug-likeness (QED) is 0.817. The first-order chi connectivity index (χ1) is 10.2. The van der Waals surface area contributed by atoms with Crippen molar-refractivity contribution in [1.82, 2.24) is 5.32 Å². The molecule has 124 valence electrons. The number of ether oxygens (including phenoxy) is 1. The Kier molecular flexibility index (Phi) is 6.72. The first-order valence-electron chi connectivity index (χ1n) is 8.04. The van der Waals surface area contributed by atoms with Gasteiger partial charge in [-0.15, -0.1) is 0 Å². The molecule has 0 aliphatic carbocycles. The van der Waals surface area contributed by atoms with Crippen LogP contribution in [0.25, 0.3) is 0 Å². The number of para-hydroxylation sites is 1. The first kappa shape index (κ1) is 18.3. The summed E-state index contributed by atoms with van der Waals surface area (Å²) in [6, 6.07) is 10.2. The van der Waals surface area contributed by atoms with Gasteiger partial charge in [-0.05, 0) is 45.2 Å². The second-order valence-corrected chi connectivity index (χ2v) is 6.94. The van der Waals surface area contributed by atoms with Crippen molar-refractivity contribution < 1.29 is 9.53 Å². The molecule has 0 spiro atoms. The SMILES string of the molecule is CC[C@H](Nc1ccccc1)[C@@H](NC(=O)OC(C)(C)C)C(C)C. The van der Waals surface area contributed by atoms with Crippen LogP contribution in [0.2, 0.25) is 0 Å². The van der Waals surface area contributed by atoms with E-state index in [4.69, 9.17) is 4.74 Å². The van der Waals surface area contributed by atoms with E-state index in [1.54, 1.807) is 0 Å². The van der Waals surface area contributed by atoms with Crippen molar-refractivity contribution in [2.45, 2.75) is 65.6 Å². The number of carbonyl (C=O) groups excluding carboxylic acids is 1. The topological polar surface area (TPSA) is 50.4 Å². The van der Waals surface area contributed by atoms with E-state index >= 15 is 0 Å². The average molecular weight is 306 g/mol. The molecule has 1 aromatic carbocycles. The van der Waals surface area contributed by atoms with Crippen LogP contribution >= 0.6 is 0 Å². The van der Waals surface area contributed by atoms with Gasteiger partial charge >= 0.3 is 6.09 Å². The monoisotopic (exact) mass is 306 g/mol. The molecule has 2 atom stereocenters. The maximum Gasteiger partial charge on any atom is 0.407 e. The Balaban J connectivity index is 2.76. The molecule has 0 saturated heterocycles. The number of hydrogen-bond donors (Lipinski definition) is 2. The van der Waals surface area contributed by atoms with Gasteiger partial charge in [-0.3, -0.25) is 0 Å². The molecule has 0 fully saturated rings. The lowest BCUT2D eigenvalue weighted by Crippen LogP contribution is -2.50. The summed E-state index contributed by atoms with van der Waals surface area (Å²) in [5, 5.41) is 6.53. The lowest BCUT2D eigenvalue weighted by atomic mass is 9.94. The number of anilines is 1. The molecule has 0 heterocycles. The summed E-state index contributed by atoms with van der Waals surface area (Å²) in [7, 11) is 0. The predicted octanol–water partition coefficient (Wildman–Crippen LogP) is 4.43. The largest absolute Gasteiger partial charge is 0.444 e. The minimum absolute atomic E-state index is 0.0000520. The molecule has 4 heteroatoms. The van der Waals surface area contributed by atoms with Gasteiger partial charge in [0.15, 0.2) is 0 Å². The van der Waals surface area contributed by atoms with Crippen LogP contribution in [-0.2, 0) is 4.74 Å².